The summed E-state index contributed by atoms with van der Waals surface area (Å²) >= 11 is 0. The zero-order valence-corrected chi connectivity index (χ0v) is 5.84. The first kappa shape index (κ1) is 8.84. The molecule has 0 amide bonds. The van der Waals surface area contributed by atoms with Crippen molar-refractivity contribution in [1.29, 1.82) is 0 Å². The number of morpholine rings is 1. The molecule has 0 aromatic carbocycles. The number of hydrogen-bond donors (Lipinski definition) is 2. The molecule has 1 rings (SSSR count). The summed E-state index contributed by atoms with van der Waals surface area (Å²) in [6.07, 6.45) is 0. The second-order valence-electron chi connectivity index (χ2n) is 1.92. The fraction of sp³-hybridized carbons (Fsp3) is 1.00. The van der Waals surface area contributed by atoms with E-state index in [9.17, 15) is 0 Å². The SMILES string of the molecule is CN1CCOCC1.NN. The molecule has 0 spiro atoms. The van der Waals surface area contributed by atoms with E-state index in [1.54, 1.807) is 0 Å². The van der Waals surface area contributed by atoms with Gasteiger partial charge in [0.1, 0.15) is 0 Å². The predicted molar refractivity (Wildman–Crippen MR) is 36.7 cm³/mol. The molecule has 0 aliphatic carbocycles. The lowest BCUT2D eigenvalue weighted by atomic mass is 10.5. The van der Waals surface area contributed by atoms with Gasteiger partial charge in [0.25, 0.3) is 0 Å². The Morgan fingerprint density at radius 1 is 1.22 bits per heavy atom. The molecule has 0 bridgehead atoms. The number of hydrazine groups is 1. The minimum atomic E-state index is 0.913. The van der Waals surface area contributed by atoms with Crippen LogP contribution in [0.3, 0.4) is 0 Å². The van der Waals surface area contributed by atoms with Crippen LogP contribution in [-0.2, 0) is 4.74 Å². The quantitative estimate of drug-likeness (QED) is 0.321. The van der Waals surface area contributed by atoms with Crippen molar-refractivity contribution in [3.63, 3.8) is 0 Å². The van der Waals surface area contributed by atoms with Crippen LogP contribution < -0.4 is 11.7 Å². The molecule has 4 N–H and O–H groups in total. The summed E-state index contributed by atoms with van der Waals surface area (Å²) in [6.45, 7) is 4.02. The third-order valence-electron chi connectivity index (χ3n) is 1.23. The predicted octanol–water partition coefficient (Wildman–Crippen LogP) is -1.23. The second-order valence-corrected chi connectivity index (χ2v) is 1.92. The molecule has 4 heteroatoms. The molecule has 0 aromatic heterocycles. The molecular weight excluding hydrogens is 118 g/mol. The van der Waals surface area contributed by atoms with Crippen molar-refractivity contribution in [3.05, 3.63) is 0 Å². The number of nitrogens with zero attached hydrogens (tertiary/aromatic N) is 1. The zero-order valence-electron chi connectivity index (χ0n) is 5.84. The van der Waals surface area contributed by atoms with Crippen molar-refractivity contribution in [3.8, 4) is 0 Å². The molecule has 0 saturated carbocycles. The Balaban J connectivity index is 0.000000291. The van der Waals surface area contributed by atoms with E-state index in [1.807, 2.05) is 0 Å². The molecule has 56 valence electrons. The number of ether oxygens (including phenoxy) is 1. The molecule has 0 atom stereocenters. The summed E-state index contributed by atoms with van der Waals surface area (Å²) < 4.78 is 5.10. The highest BCUT2D eigenvalue weighted by molar-refractivity contribution is 4.53. The maximum absolute atomic E-state index is 5.10. The van der Waals surface area contributed by atoms with E-state index in [-0.39, 0.29) is 0 Å². The highest BCUT2D eigenvalue weighted by atomic mass is 16.5. The van der Waals surface area contributed by atoms with Gasteiger partial charge < -0.3 is 9.64 Å². The Labute approximate surface area is 55.7 Å². The van der Waals surface area contributed by atoms with E-state index in [2.05, 4.69) is 23.6 Å². The Morgan fingerprint density at radius 2 is 1.67 bits per heavy atom. The molecule has 0 unspecified atom stereocenters. The summed E-state index contributed by atoms with van der Waals surface area (Å²) in [4.78, 5) is 2.27. The summed E-state index contributed by atoms with van der Waals surface area (Å²) in [7, 11) is 2.11. The summed E-state index contributed by atoms with van der Waals surface area (Å²) in [5, 5.41) is 0. The molecule has 0 aromatic rings. The Bertz CT molecular complexity index is 54.2. The van der Waals surface area contributed by atoms with Crippen LogP contribution in [0.15, 0.2) is 0 Å². The molecule has 0 radical (unpaired) electrons. The van der Waals surface area contributed by atoms with Crippen LogP contribution in [0.25, 0.3) is 0 Å². The number of rotatable bonds is 0. The molecule has 1 aliphatic rings. The number of nitrogens with two attached hydrogens (primary N) is 2. The molecule has 4 nitrogen and oxygen atoms in total. The molecule has 1 fully saturated rings. The summed E-state index contributed by atoms with van der Waals surface area (Å²) in [5.41, 5.74) is 0. The maximum Gasteiger partial charge on any atom is 0.0594 e. The van der Waals surface area contributed by atoms with Crippen molar-refractivity contribution in [2.75, 3.05) is 33.4 Å². The summed E-state index contributed by atoms with van der Waals surface area (Å²) in [6, 6.07) is 0. The average Bonchev–Trinajstić information content (AvgIpc) is 1.94. The van der Waals surface area contributed by atoms with Gasteiger partial charge >= 0.3 is 0 Å². The van der Waals surface area contributed by atoms with Crippen LogP contribution in [0.4, 0.5) is 0 Å². The van der Waals surface area contributed by atoms with Gasteiger partial charge in [-0.25, -0.2) is 0 Å². The highest BCUT2D eigenvalue weighted by Crippen LogP contribution is 1.89. The molecule has 1 aliphatic heterocycles. The fourth-order valence-electron chi connectivity index (χ4n) is 0.655. The lowest BCUT2D eigenvalue weighted by molar-refractivity contribution is 0.0503. The van der Waals surface area contributed by atoms with E-state index in [0.717, 1.165) is 26.3 Å². The van der Waals surface area contributed by atoms with Gasteiger partial charge in [0.2, 0.25) is 0 Å². The van der Waals surface area contributed by atoms with Gasteiger partial charge in [-0.1, -0.05) is 0 Å². The highest BCUT2D eigenvalue weighted by Gasteiger charge is 2.02. The smallest absolute Gasteiger partial charge is 0.0594 e. The van der Waals surface area contributed by atoms with Crippen LogP contribution >= 0.6 is 0 Å². The Hall–Kier alpha value is -0.160. The fourth-order valence-corrected chi connectivity index (χ4v) is 0.655. The van der Waals surface area contributed by atoms with E-state index in [0.29, 0.717) is 0 Å². The second kappa shape index (κ2) is 5.97. The molecule has 9 heavy (non-hydrogen) atoms. The van der Waals surface area contributed by atoms with Crippen molar-refractivity contribution in [1.82, 2.24) is 4.90 Å². The van der Waals surface area contributed by atoms with Gasteiger partial charge in [-0.3, -0.25) is 11.7 Å². The largest absolute Gasteiger partial charge is 0.379 e. The minimum absolute atomic E-state index is 0.913. The zero-order chi connectivity index (χ0) is 7.11. The average molecular weight is 133 g/mol. The van der Waals surface area contributed by atoms with Crippen LogP contribution in [0.5, 0.6) is 0 Å². The van der Waals surface area contributed by atoms with Gasteiger partial charge in [-0.15, -0.1) is 0 Å². The van der Waals surface area contributed by atoms with Crippen LogP contribution in [-0.4, -0.2) is 38.3 Å². The van der Waals surface area contributed by atoms with Gasteiger partial charge in [0.15, 0.2) is 0 Å². The Morgan fingerprint density at radius 3 is 1.89 bits per heavy atom. The lowest BCUT2D eigenvalue weighted by Crippen LogP contribution is -2.32. The van der Waals surface area contributed by atoms with E-state index in [1.165, 1.54) is 0 Å². The van der Waals surface area contributed by atoms with Gasteiger partial charge in [0.05, 0.1) is 13.2 Å². The molecular formula is C5H15N3O. The third-order valence-corrected chi connectivity index (χ3v) is 1.23. The third kappa shape index (κ3) is 4.35. The van der Waals surface area contributed by atoms with Gasteiger partial charge in [-0.2, -0.15) is 0 Å². The number of likely N-dealkylation sites (N-methyl/N-ethyl adjacent to an activating group) is 1. The molecule has 1 saturated heterocycles. The Kier molecular flexibility index (Phi) is 5.86. The van der Waals surface area contributed by atoms with E-state index < -0.39 is 0 Å². The summed E-state index contributed by atoms with van der Waals surface area (Å²) in [5.74, 6) is 8.00. The van der Waals surface area contributed by atoms with Crippen molar-refractivity contribution >= 4 is 0 Å². The first-order valence-electron chi connectivity index (χ1n) is 2.99. The maximum atomic E-state index is 5.10. The lowest BCUT2D eigenvalue weighted by Gasteiger charge is -2.21. The topological polar surface area (TPSA) is 64.5 Å². The standard InChI is InChI=1S/C5H11NO.H4N2/c1-6-2-4-7-5-3-6;1-2/h2-5H2,1H3;1-2H2. The van der Waals surface area contributed by atoms with Crippen LogP contribution in [0.1, 0.15) is 0 Å². The van der Waals surface area contributed by atoms with Crippen LogP contribution in [0.2, 0.25) is 0 Å². The minimum Gasteiger partial charge on any atom is -0.379 e. The normalized spacial score (nSPS) is 20.3. The van der Waals surface area contributed by atoms with Crippen molar-refractivity contribution in [2.45, 2.75) is 0 Å². The van der Waals surface area contributed by atoms with E-state index in [4.69, 9.17) is 4.74 Å². The van der Waals surface area contributed by atoms with Crippen molar-refractivity contribution in [2.24, 2.45) is 11.7 Å². The van der Waals surface area contributed by atoms with Crippen LogP contribution in [0, 0.1) is 0 Å². The van der Waals surface area contributed by atoms with E-state index >= 15 is 0 Å². The first-order valence-corrected chi connectivity index (χ1v) is 2.99. The van der Waals surface area contributed by atoms with Crippen molar-refractivity contribution < 1.29 is 4.74 Å². The van der Waals surface area contributed by atoms with Gasteiger partial charge in [-0.05, 0) is 7.05 Å². The van der Waals surface area contributed by atoms with Gasteiger partial charge in [0, 0.05) is 13.1 Å². The first-order chi connectivity index (χ1) is 4.39. The monoisotopic (exact) mass is 133 g/mol. The molecule has 1 heterocycles. The number of hydrogen-bond acceptors (Lipinski definition) is 4.